The number of ether oxygens (including phenoxy) is 1. The van der Waals surface area contributed by atoms with E-state index < -0.39 is 11.5 Å². The van der Waals surface area contributed by atoms with Gasteiger partial charge in [0, 0.05) is 12.0 Å². The zero-order valence-corrected chi connectivity index (χ0v) is 16.2. The molecule has 1 amide bonds. The van der Waals surface area contributed by atoms with E-state index in [1.807, 2.05) is 51.1 Å². The summed E-state index contributed by atoms with van der Waals surface area (Å²) in [5, 5.41) is 11.1. The van der Waals surface area contributed by atoms with E-state index in [9.17, 15) is 14.7 Å². The van der Waals surface area contributed by atoms with E-state index in [1.54, 1.807) is 11.0 Å². The number of Topliss-reactive ketones (excluding diaryl/α,β-unsaturated/α-hetero) is 1. The summed E-state index contributed by atoms with van der Waals surface area (Å²) >= 11 is 0. The van der Waals surface area contributed by atoms with Gasteiger partial charge in [-0.05, 0) is 51.0 Å². The number of aliphatic hydroxyl groups is 1. The molecule has 1 atom stereocenters. The lowest BCUT2D eigenvalue weighted by Gasteiger charge is -2.22. The van der Waals surface area contributed by atoms with Crippen molar-refractivity contribution in [1.82, 2.24) is 0 Å². The monoisotopic (exact) mass is 367 g/mol. The van der Waals surface area contributed by atoms with Crippen molar-refractivity contribution < 1.29 is 19.4 Å². The molecule has 5 heteroatoms. The largest absolute Gasteiger partial charge is 0.492 e. The Kier molecular flexibility index (Phi) is 5.07. The van der Waals surface area contributed by atoms with E-state index in [1.165, 1.54) is 6.92 Å². The molecular weight excluding hydrogens is 342 g/mol. The summed E-state index contributed by atoms with van der Waals surface area (Å²) in [6.45, 7) is 7.78. The Morgan fingerprint density at radius 3 is 2.56 bits per heavy atom. The van der Waals surface area contributed by atoms with Crippen LogP contribution in [0.3, 0.4) is 0 Å². The Morgan fingerprint density at radius 2 is 1.89 bits per heavy atom. The van der Waals surface area contributed by atoms with Crippen LogP contribution in [-0.4, -0.2) is 29.9 Å². The number of amides is 1. The standard InChI is InChI=1S/C22H25NO4/c1-14-6-5-7-18(11-14)27-9-8-23-20-16(3)10-15(2)12-19(20)22(26,21(23)25)13-17(4)24/h5-7,10-12,26H,8-9,13H2,1-4H3/t22-/m1/s1. The van der Waals surface area contributed by atoms with Crippen LogP contribution in [-0.2, 0) is 15.2 Å². The molecule has 27 heavy (non-hydrogen) atoms. The Balaban J connectivity index is 1.88. The lowest BCUT2D eigenvalue weighted by atomic mass is 9.88. The van der Waals surface area contributed by atoms with Crippen molar-refractivity contribution in [1.29, 1.82) is 0 Å². The first-order chi connectivity index (χ1) is 12.7. The minimum Gasteiger partial charge on any atom is -0.492 e. The van der Waals surface area contributed by atoms with Crippen molar-refractivity contribution in [3.63, 3.8) is 0 Å². The summed E-state index contributed by atoms with van der Waals surface area (Å²) in [6.07, 6.45) is -0.225. The van der Waals surface area contributed by atoms with Crippen LogP contribution in [0.15, 0.2) is 36.4 Å². The topological polar surface area (TPSA) is 66.8 Å². The highest BCUT2D eigenvalue weighted by Crippen LogP contribution is 2.44. The molecule has 0 spiro atoms. The van der Waals surface area contributed by atoms with Gasteiger partial charge in [0.15, 0.2) is 5.60 Å². The van der Waals surface area contributed by atoms with Crippen LogP contribution < -0.4 is 9.64 Å². The fourth-order valence-electron chi connectivity index (χ4n) is 3.78. The van der Waals surface area contributed by atoms with E-state index >= 15 is 0 Å². The molecule has 1 aliphatic rings. The molecule has 2 aromatic rings. The number of ketones is 1. The summed E-state index contributed by atoms with van der Waals surface area (Å²) in [5.41, 5.74) is 2.32. The van der Waals surface area contributed by atoms with E-state index in [2.05, 4.69) is 0 Å². The fourth-order valence-corrected chi connectivity index (χ4v) is 3.78. The second kappa shape index (κ2) is 7.16. The van der Waals surface area contributed by atoms with E-state index in [0.717, 1.165) is 22.4 Å². The van der Waals surface area contributed by atoms with Crippen LogP contribution in [0.5, 0.6) is 5.75 Å². The molecular formula is C22H25NO4. The van der Waals surface area contributed by atoms with Crippen LogP contribution >= 0.6 is 0 Å². The molecule has 2 aromatic carbocycles. The van der Waals surface area contributed by atoms with Crippen molar-refractivity contribution in [2.45, 2.75) is 39.7 Å². The van der Waals surface area contributed by atoms with Gasteiger partial charge in [0.1, 0.15) is 18.1 Å². The second-order valence-electron chi connectivity index (χ2n) is 7.34. The smallest absolute Gasteiger partial charge is 0.264 e. The predicted molar refractivity (Wildman–Crippen MR) is 104 cm³/mol. The first-order valence-electron chi connectivity index (χ1n) is 9.07. The van der Waals surface area contributed by atoms with Gasteiger partial charge in [-0.2, -0.15) is 0 Å². The lowest BCUT2D eigenvalue weighted by molar-refractivity contribution is -0.141. The highest BCUT2D eigenvalue weighted by molar-refractivity contribution is 6.09. The van der Waals surface area contributed by atoms with Crippen LogP contribution in [0.25, 0.3) is 0 Å². The minimum absolute atomic E-state index is 0.225. The zero-order chi connectivity index (χ0) is 19.8. The first kappa shape index (κ1) is 19.1. The maximum atomic E-state index is 13.0. The number of hydrogen-bond donors (Lipinski definition) is 1. The number of fused-ring (bicyclic) bond motifs is 1. The van der Waals surface area contributed by atoms with Crippen LogP contribution in [0, 0.1) is 20.8 Å². The van der Waals surface area contributed by atoms with Crippen molar-refractivity contribution in [2.75, 3.05) is 18.1 Å². The molecule has 0 saturated carbocycles. The summed E-state index contributed by atoms with van der Waals surface area (Å²) in [4.78, 5) is 26.3. The average Bonchev–Trinajstić information content (AvgIpc) is 2.76. The number of hydrogen-bond acceptors (Lipinski definition) is 4. The van der Waals surface area contributed by atoms with Crippen molar-refractivity contribution in [3.05, 3.63) is 58.7 Å². The van der Waals surface area contributed by atoms with Crippen molar-refractivity contribution >= 4 is 17.4 Å². The number of benzene rings is 2. The fraction of sp³-hybridized carbons (Fsp3) is 0.364. The minimum atomic E-state index is -1.80. The third kappa shape index (κ3) is 3.60. The molecule has 1 heterocycles. The van der Waals surface area contributed by atoms with Crippen LogP contribution in [0.1, 0.15) is 35.6 Å². The van der Waals surface area contributed by atoms with Crippen molar-refractivity contribution in [2.24, 2.45) is 0 Å². The Morgan fingerprint density at radius 1 is 1.15 bits per heavy atom. The summed E-state index contributed by atoms with van der Waals surface area (Å²) in [5.74, 6) is 0.0459. The van der Waals surface area contributed by atoms with Gasteiger partial charge in [0.25, 0.3) is 5.91 Å². The molecule has 1 N–H and O–H groups in total. The molecule has 1 aliphatic heterocycles. The van der Waals surface area contributed by atoms with E-state index in [0.29, 0.717) is 17.8 Å². The molecule has 0 radical (unpaired) electrons. The average molecular weight is 367 g/mol. The Labute approximate surface area is 159 Å². The van der Waals surface area contributed by atoms with Gasteiger partial charge in [0.2, 0.25) is 0 Å². The Bertz CT molecular complexity index is 905. The molecule has 142 valence electrons. The maximum Gasteiger partial charge on any atom is 0.264 e. The zero-order valence-electron chi connectivity index (χ0n) is 16.2. The quantitative estimate of drug-likeness (QED) is 0.851. The first-order valence-corrected chi connectivity index (χ1v) is 9.07. The van der Waals surface area contributed by atoms with Gasteiger partial charge in [-0.25, -0.2) is 0 Å². The molecule has 0 aromatic heterocycles. The van der Waals surface area contributed by atoms with Gasteiger partial charge in [0.05, 0.1) is 12.2 Å². The Hall–Kier alpha value is -2.66. The van der Waals surface area contributed by atoms with Gasteiger partial charge in [-0.1, -0.05) is 29.8 Å². The third-order valence-corrected chi connectivity index (χ3v) is 4.84. The third-order valence-electron chi connectivity index (χ3n) is 4.84. The number of rotatable bonds is 6. The number of nitrogens with zero attached hydrogens (tertiary/aromatic N) is 1. The molecule has 0 aliphatic carbocycles. The lowest BCUT2D eigenvalue weighted by Crippen LogP contribution is -2.43. The summed E-state index contributed by atoms with van der Waals surface area (Å²) in [6, 6.07) is 11.5. The molecule has 0 unspecified atom stereocenters. The number of carbonyl (C=O) groups is 2. The predicted octanol–water partition coefficient (Wildman–Crippen LogP) is 3.20. The van der Waals surface area contributed by atoms with Gasteiger partial charge >= 0.3 is 0 Å². The molecule has 0 bridgehead atoms. The van der Waals surface area contributed by atoms with Crippen LogP contribution in [0.2, 0.25) is 0 Å². The van der Waals surface area contributed by atoms with Gasteiger partial charge in [-0.15, -0.1) is 0 Å². The highest BCUT2D eigenvalue weighted by atomic mass is 16.5. The molecule has 3 rings (SSSR count). The maximum absolute atomic E-state index is 13.0. The molecule has 5 nitrogen and oxygen atoms in total. The summed E-state index contributed by atoms with van der Waals surface area (Å²) < 4.78 is 5.78. The van der Waals surface area contributed by atoms with Crippen molar-refractivity contribution in [3.8, 4) is 5.75 Å². The van der Waals surface area contributed by atoms with Crippen LogP contribution in [0.4, 0.5) is 5.69 Å². The number of carbonyl (C=O) groups excluding carboxylic acids is 2. The normalized spacial score (nSPS) is 18.6. The SMILES string of the molecule is CC(=O)C[C@]1(O)C(=O)N(CCOc2cccc(C)c2)c2c(C)cc(C)cc21. The molecule has 0 saturated heterocycles. The van der Waals surface area contributed by atoms with Gasteiger partial charge < -0.3 is 14.7 Å². The van der Waals surface area contributed by atoms with E-state index in [4.69, 9.17) is 4.74 Å². The number of anilines is 1. The second-order valence-corrected chi connectivity index (χ2v) is 7.34. The van der Waals surface area contributed by atoms with Gasteiger partial charge in [-0.3, -0.25) is 9.59 Å². The molecule has 0 fully saturated rings. The van der Waals surface area contributed by atoms with E-state index in [-0.39, 0.29) is 18.8 Å². The highest BCUT2D eigenvalue weighted by Gasteiger charge is 2.50. The number of aryl methyl sites for hydroxylation is 3. The summed E-state index contributed by atoms with van der Waals surface area (Å²) in [7, 11) is 0.